The number of hydrogen-bond acceptors (Lipinski definition) is 4. The fourth-order valence-corrected chi connectivity index (χ4v) is 3.60. The van der Waals surface area contributed by atoms with E-state index < -0.39 is 10.3 Å². The lowest BCUT2D eigenvalue weighted by Gasteiger charge is -2.34. The molecule has 1 N–H and O–H groups in total. The molecule has 0 aliphatic rings. The predicted molar refractivity (Wildman–Crippen MR) is 116 cm³/mol. The molecule has 0 bridgehead atoms. The van der Waals surface area contributed by atoms with Crippen LogP contribution < -0.4 is 5.48 Å². The predicted octanol–water partition coefficient (Wildman–Crippen LogP) is 4.66. The van der Waals surface area contributed by atoms with Crippen LogP contribution in [0.3, 0.4) is 0 Å². The van der Waals surface area contributed by atoms with Crippen LogP contribution in [0.1, 0.15) is 23.1 Å². The van der Waals surface area contributed by atoms with Gasteiger partial charge in [-0.25, -0.2) is 5.48 Å². The maximum Gasteiger partial charge on any atom is 0.270 e. The first-order valence-corrected chi connectivity index (χ1v) is 9.36. The van der Waals surface area contributed by atoms with Gasteiger partial charge in [-0.1, -0.05) is 79.4 Å². The van der Waals surface area contributed by atoms with E-state index >= 15 is 0 Å². The van der Waals surface area contributed by atoms with Gasteiger partial charge >= 0.3 is 0 Å². The number of nitrogens with one attached hydrogen (secondary N) is 1. The molecule has 3 aromatic carbocycles. The van der Waals surface area contributed by atoms with Crippen LogP contribution in [0.5, 0.6) is 0 Å². The molecule has 0 saturated heterocycles. The summed E-state index contributed by atoms with van der Waals surface area (Å²) in [5.41, 5.74) is 4.04. The molecule has 30 heavy (non-hydrogen) atoms. The van der Waals surface area contributed by atoms with Crippen LogP contribution in [0.2, 0.25) is 0 Å². The second-order valence-corrected chi connectivity index (χ2v) is 6.86. The molecule has 6 heteroatoms. The molecule has 152 valence electrons. The van der Waals surface area contributed by atoms with Crippen LogP contribution in [-0.4, -0.2) is 17.9 Å². The van der Waals surface area contributed by atoms with Gasteiger partial charge in [0.2, 0.25) is 0 Å². The molecule has 0 aliphatic carbocycles. The van der Waals surface area contributed by atoms with Gasteiger partial charge in [-0.05, 0) is 28.7 Å². The summed E-state index contributed by atoms with van der Waals surface area (Å²) in [4.78, 5) is 29.1. The van der Waals surface area contributed by atoms with E-state index in [-0.39, 0.29) is 18.0 Å². The highest BCUT2D eigenvalue weighted by atomic mass is 16.6. The van der Waals surface area contributed by atoms with E-state index in [1.54, 1.807) is 12.1 Å². The molecule has 3 aromatic rings. The third-order valence-corrected chi connectivity index (χ3v) is 5.06. The summed E-state index contributed by atoms with van der Waals surface area (Å²) in [7, 11) is 1.38. The Kier molecular flexibility index (Phi) is 6.39. The number of hydrogen-bond donors (Lipinski definition) is 1. The molecule has 0 aliphatic heterocycles. The lowest BCUT2D eigenvalue weighted by Crippen LogP contribution is -2.45. The minimum Gasteiger partial charge on any atom is -0.277 e. The summed E-state index contributed by atoms with van der Waals surface area (Å²) in [6, 6.07) is 25.0. The van der Waals surface area contributed by atoms with Crippen LogP contribution in [0.25, 0.3) is 5.57 Å². The Balaban J connectivity index is 2.16. The fourth-order valence-electron chi connectivity index (χ4n) is 3.60. The van der Waals surface area contributed by atoms with Crippen LogP contribution >= 0.6 is 0 Å². The zero-order chi connectivity index (χ0) is 21.6. The van der Waals surface area contributed by atoms with Crippen molar-refractivity contribution in [3.8, 4) is 0 Å². The van der Waals surface area contributed by atoms with Crippen LogP contribution in [0.15, 0.2) is 91.5 Å². The number of nitro benzene ring substituents is 1. The first-order chi connectivity index (χ1) is 14.5. The van der Waals surface area contributed by atoms with Crippen molar-refractivity contribution in [2.45, 2.75) is 11.8 Å². The lowest BCUT2D eigenvalue weighted by atomic mass is 9.69. The van der Waals surface area contributed by atoms with E-state index in [9.17, 15) is 14.9 Å². The number of rotatable bonds is 8. The third-order valence-electron chi connectivity index (χ3n) is 5.06. The van der Waals surface area contributed by atoms with Crippen molar-refractivity contribution in [1.82, 2.24) is 5.48 Å². The minimum atomic E-state index is -1.14. The number of carbonyl (C=O) groups is 1. The molecule has 0 unspecified atom stereocenters. The number of non-ortho nitro benzene ring substituents is 1. The number of allylic oxidation sites excluding steroid dienone is 1. The number of hydroxylamine groups is 1. The van der Waals surface area contributed by atoms with E-state index in [0.29, 0.717) is 11.1 Å². The molecule has 0 radical (unpaired) electrons. The molecule has 0 spiro atoms. The second kappa shape index (κ2) is 9.15. The lowest BCUT2D eigenvalue weighted by molar-refractivity contribution is -0.384. The number of nitro groups is 1. The molecule has 0 heterocycles. The van der Waals surface area contributed by atoms with Crippen LogP contribution in [-0.2, 0) is 15.0 Å². The number of benzene rings is 3. The average molecular weight is 402 g/mol. The van der Waals surface area contributed by atoms with Gasteiger partial charge in [0.15, 0.2) is 0 Å². The quantitative estimate of drug-likeness (QED) is 0.439. The molecular formula is C24H22N2O4. The average Bonchev–Trinajstić information content (AvgIpc) is 2.78. The van der Waals surface area contributed by atoms with Gasteiger partial charge in [0.25, 0.3) is 11.6 Å². The summed E-state index contributed by atoms with van der Waals surface area (Å²) in [6.07, 6.45) is 0.206. The number of amides is 1. The van der Waals surface area contributed by atoms with Gasteiger partial charge in [0.05, 0.1) is 12.0 Å². The van der Waals surface area contributed by atoms with Crippen LogP contribution in [0.4, 0.5) is 5.69 Å². The monoisotopic (exact) mass is 402 g/mol. The van der Waals surface area contributed by atoms with Crippen molar-refractivity contribution in [3.63, 3.8) is 0 Å². The Morgan fingerprint density at radius 3 is 2.07 bits per heavy atom. The molecule has 0 saturated carbocycles. The van der Waals surface area contributed by atoms with Crippen molar-refractivity contribution in [2.24, 2.45) is 0 Å². The minimum absolute atomic E-state index is 0.0278. The van der Waals surface area contributed by atoms with Crippen molar-refractivity contribution >= 4 is 17.2 Å². The van der Waals surface area contributed by atoms with Crippen molar-refractivity contribution < 1.29 is 14.6 Å². The molecule has 3 rings (SSSR count). The topological polar surface area (TPSA) is 81.5 Å². The number of carbonyl (C=O) groups excluding carboxylic acids is 1. The Bertz CT molecular complexity index is 1010. The first kappa shape index (κ1) is 21.0. The summed E-state index contributed by atoms with van der Waals surface area (Å²) < 4.78 is 0. The smallest absolute Gasteiger partial charge is 0.270 e. The summed E-state index contributed by atoms with van der Waals surface area (Å²) in [6.45, 7) is 4.16. The zero-order valence-corrected chi connectivity index (χ0v) is 16.6. The van der Waals surface area contributed by atoms with E-state index in [1.807, 2.05) is 60.7 Å². The second-order valence-electron chi connectivity index (χ2n) is 6.86. The normalized spacial score (nSPS) is 11.0. The van der Waals surface area contributed by atoms with Crippen molar-refractivity contribution in [2.75, 3.05) is 7.11 Å². The fraction of sp³-hybridized carbons (Fsp3) is 0.125. The van der Waals surface area contributed by atoms with Crippen molar-refractivity contribution in [3.05, 3.63) is 118 Å². The van der Waals surface area contributed by atoms with E-state index in [2.05, 4.69) is 12.1 Å². The molecule has 0 aromatic heterocycles. The maximum atomic E-state index is 13.4. The summed E-state index contributed by atoms with van der Waals surface area (Å²) in [5.74, 6) is -0.353. The molecule has 6 nitrogen and oxygen atoms in total. The first-order valence-electron chi connectivity index (χ1n) is 9.36. The van der Waals surface area contributed by atoms with Gasteiger partial charge in [-0.3, -0.25) is 19.7 Å². The highest BCUT2D eigenvalue weighted by Gasteiger charge is 2.42. The highest BCUT2D eigenvalue weighted by molar-refractivity contribution is 5.93. The largest absolute Gasteiger partial charge is 0.277 e. The SMILES string of the molecule is C=C(CC(C(=O)NOC)(c1ccccc1)c1ccccc1)c1cccc([N+](=O)[O-])c1. The molecule has 0 fully saturated rings. The summed E-state index contributed by atoms with van der Waals surface area (Å²) >= 11 is 0. The zero-order valence-electron chi connectivity index (χ0n) is 16.6. The van der Waals surface area contributed by atoms with Gasteiger partial charge in [-0.15, -0.1) is 0 Å². The Morgan fingerprint density at radius 1 is 1.00 bits per heavy atom. The van der Waals surface area contributed by atoms with Gasteiger partial charge in [-0.2, -0.15) is 0 Å². The van der Waals surface area contributed by atoms with Crippen molar-refractivity contribution in [1.29, 1.82) is 0 Å². The Hall–Kier alpha value is -3.77. The van der Waals surface area contributed by atoms with E-state index in [0.717, 1.165) is 11.1 Å². The molecule has 1 amide bonds. The van der Waals surface area contributed by atoms with Gasteiger partial charge < -0.3 is 0 Å². The van der Waals surface area contributed by atoms with Gasteiger partial charge in [0.1, 0.15) is 5.41 Å². The Labute approximate surface area is 174 Å². The molecule has 0 atom stereocenters. The summed E-state index contributed by atoms with van der Waals surface area (Å²) in [5, 5.41) is 11.2. The van der Waals surface area contributed by atoms with Crippen LogP contribution in [0, 0.1) is 10.1 Å². The number of nitrogens with zero attached hydrogens (tertiary/aromatic N) is 1. The molecular weight excluding hydrogens is 380 g/mol. The maximum absolute atomic E-state index is 13.4. The van der Waals surface area contributed by atoms with E-state index in [4.69, 9.17) is 4.84 Å². The third kappa shape index (κ3) is 4.14. The standard InChI is InChI=1S/C24H22N2O4/c1-18(19-10-9-15-22(16-19)26(28)29)17-24(23(27)25-30-2,20-11-5-3-6-12-20)21-13-7-4-8-14-21/h3-16H,1,17H2,2H3,(H,25,27). The van der Waals surface area contributed by atoms with Gasteiger partial charge in [0, 0.05) is 12.1 Å². The van der Waals surface area contributed by atoms with E-state index in [1.165, 1.54) is 19.2 Å². The highest BCUT2D eigenvalue weighted by Crippen LogP contribution is 2.41. The Morgan fingerprint density at radius 2 is 1.57 bits per heavy atom.